The van der Waals surface area contributed by atoms with Gasteiger partial charge in [-0.1, -0.05) is 24.3 Å². The third-order valence-electron chi connectivity index (χ3n) is 1.69. The summed E-state index contributed by atoms with van der Waals surface area (Å²) in [6, 6.07) is 7.90. The molecule has 0 radical (unpaired) electrons. The molecule has 0 unspecified atom stereocenters. The first-order valence-corrected chi connectivity index (χ1v) is 3.79. The van der Waals surface area contributed by atoms with Crippen LogP contribution in [0.4, 0.5) is 0 Å². The molecule has 0 bridgehead atoms. The van der Waals surface area contributed by atoms with Crippen LogP contribution in [0.3, 0.4) is 0 Å². The lowest BCUT2D eigenvalue weighted by Gasteiger charge is -2.00. The molecule has 1 rings (SSSR count). The quantitative estimate of drug-likeness (QED) is 0.413. The van der Waals surface area contributed by atoms with E-state index in [2.05, 4.69) is 4.89 Å². The van der Waals surface area contributed by atoms with Crippen LogP contribution in [-0.4, -0.2) is 5.26 Å². The molecule has 1 N–H and O–H groups in total. The van der Waals surface area contributed by atoms with Crippen molar-refractivity contribution in [1.82, 2.24) is 0 Å². The van der Waals surface area contributed by atoms with Crippen LogP contribution in [0, 0.1) is 6.92 Å². The molecule has 0 aromatic heterocycles. The Balaban J connectivity index is 2.96. The van der Waals surface area contributed by atoms with E-state index < -0.39 is 0 Å². The van der Waals surface area contributed by atoms with Crippen LogP contribution in [0.1, 0.15) is 18.1 Å². The summed E-state index contributed by atoms with van der Waals surface area (Å²) in [5, 5.41) is 8.32. The lowest BCUT2D eigenvalue weighted by Crippen LogP contribution is -1.83. The minimum absolute atomic E-state index is 0.490. The minimum Gasteiger partial charge on any atom is -0.345 e. The van der Waals surface area contributed by atoms with Crippen molar-refractivity contribution in [2.24, 2.45) is 0 Å². The third kappa shape index (κ3) is 2.10. The van der Waals surface area contributed by atoms with Crippen molar-refractivity contribution in [1.29, 1.82) is 0 Å². The van der Waals surface area contributed by atoms with Crippen molar-refractivity contribution >= 4 is 6.08 Å². The molecule has 0 saturated heterocycles. The Morgan fingerprint density at radius 1 is 1.42 bits per heavy atom. The molecular formula is C10H12O2. The van der Waals surface area contributed by atoms with E-state index in [4.69, 9.17) is 5.26 Å². The number of hydrogen-bond acceptors (Lipinski definition) is 2. The Labute approximate surface area is 72.0 Å². The standard InChI is InChI=1S/C10H12O2/c1-8-5-3-4-6-10(8)7-9(2)12-11/h3-7,11H,1-2H3. The molecule has 0 fully saturated rings. The predicted octanol–water partition coefficient (Wildman–Crippen LogP) is 2.85. The fourth-order valence-corrected chi connectivity index (χ4v) is 0.994. The first kappa shape index (κ1) is 8.81. The van der Waals surface area contributed by atoms with Gasteiger partial charge in [0.1, 0.15) is 5.76 Å². The third-order valence-corrected chi connectivity index (χ3v) is 1.69. The van der Waals surface area contributed by atoms with Crippen molar-refractivity contribution in [2.75, 3.05) is 0 Å². The second-order valence-electron chi connectivity index (χ2n) is 2.70. The summed E-state index contributed by atoms with van der Waals surface area (Å²) in [6.45, 7) is 3.71. The van der Waals surface area contributed by atoms with Gasteiger partial charge < -0.3 is 4.89 Å². The van der Waals surface area contributed by atoms with Crippen molar-refractivity contribution in [3.8, 4) is 0 Å². The van der Waals surface area contributed by atoms with E-state index in [9.17, 15) is 0 Å². The van der Waals surface area contributed by atoms with Crippen molar-refractivity contribution < 1.29 is 10.1 Å². The molecule has 0 saturated carbocycles. The van der Waals surface area contributed by atoms with Gasteiger partial charge in [-0.15, -0.1) is 0 Å². The Morgan fingerprint density at radius 2 is 2.08 bits per heavy atom. The molecule has 12 heavy (non-hydrogen) atoms. The first-order chi connectivity index (χ1) is 5.74. The first-order valence-electron chi connectivity index (χ1n) is 3.79. The molecular weight excluding hydrogens is 152 g/mol. The fraction of sp³-hybridized carbons (Fsp3) is 0.200. The molecule has 0 heterocycles. The van der Waals surface area contributed by atoms with E-state index in [1.165, 1.54) is 0 Å². The maximum Gasteiger partial charge on any atom is 0.139 e. The number of allylic oxidation sites excluding steroid dienone is 1. The van der Waals surface area contributed by atoms with E-state index in [1.54, 1.807) is 13.0 Å². The summed E-state index contributed by atoms with van der Waals surface area (Å²) in [5.41, 5.74) is 2.22. The fourth-order valence-electron chi connectivity index (χ4n) is 0.994. The van der Waals surface area contributed by atoms with Crippen molar-refractivity contribution in [3.05, 3.63) is 41.2 Å². The largest absolute Gasteiger partial charge is 0.345 e. The Kier molecular flexibility index (Phi) is 2.88. The van der Waals surface area contributed by atoms with Gasteiger partial charge in [0.25, 0.3) is 0 Å². The molecule has 1 aromatic carbocycles. The second kappa shape index (κ2) is 3.93. The van der Waals surface area contributed by atoms with Gasteiger partial charge in [0.05, 0.1) is 0 Å². The van der Waals surface area contributed by atoms with E-state index in [-0.39, 0.29) is 0 Å². The van der Waals surface area contributed by atoms with Gasteiger partial charge in [-0.05, 0) is 31.1 Å². The molecule has 1 aromatic rings. The molecule has 0 amide bonds. The lowest BCUT2D eigenvalue weighted by atomic mass is 10.1. The van der Waals surface area contributed by atoms with Crippen LogP contribution in [0.15, 0.2) is 30.0 Å². The zero-order valence-electron chi connectivity index (χ0n) is 7.24. The highest BCUT2D eigenvalue weighted by atomic mass is 17.1. The molecule has 0 aliphatic carbocycles. The summed E-state index contributed by atoms with van der Waals surface area (Å²) in [5.74, 6) is 0.490. The second-order valence-corrected chi connectivity index (χ2v) is 2.70. The van der Waals surface area contributed by atoms with Gasteiger partial charge in [-0.3, -0.25) is 0 Å². The molecule has 2 heteroatoms. The van der Waals surface area contributed by atoms with E-state index in [0.717, 1.165) is 11.1 Å². The minimum atomic E-state index is 0.490. The summed E-state index contributed by atoms with van der Waals surface area (Å²) >= 11 is 0. The van der Waals surface area contributed by atoms with Gasteiger partial charge in [0.2, 0.25) is 0 Å². The molecule has 0 aliphatic heterocycles. The van der Waals surface area contributed by atoms with Crippen LogP contribution in [0.25, 0.3) is 6.08 Å². The lowest BCUT2D eigenvalue weighted by molar-refractivity contribution is -0.201. The SMILES string of the molecule is CC(=Cc1ccccc1C)OO. The summed E-state index contributed by atoms with van der Waals surface area (Å²) in [6.07, 6.45) is 1.79. The molecule has 0 atom stereocenters. The van der Waals surface area contributed by atoms with E-state index in [1.807, 2.05) is 31.2 Å². The average molecular weight is 164 g/mol. The van der Waals surface area contributed by atoms with E-state index >= 15 is 0 Å². The maximum absolute atomic E-state index is 8.32. The van der Waals surface area contributed by atoms with Crippen LogP contribution >= 0.6 is 0 Å². The molecule has 2 nitrogen and oxygen atoms in total. The van der Waals surface area contributed by atoms with Gasteiger partial charge in [-0.2, -0.15) is 0 Å². The zero-order valence-corrected chi connectivity index (χ0v) is 7.24. The predicted molar refractivity (Wildman–Crippen MR) is 48.5 cm³/mol. The summed E-state index contributed by atoms with van der Waals surface area (Å²) < 4.78 is 0. The van der Waals surface area contributed by atoms with Gasteiger partial charge in [0.15, 0.2) is 0 Å². The van der Waals surface area contributed by atoms with Gasteiger partial charge in [0, 0.05) is 0 Å². The van der Waals surface area contributed by atoms with Crippen LogP contribution in [0.2, 0.25) is 0 Å². The number of aryl methyl sites for hydroxylation is 1. The molecule has 0 spiro atoms. The van der Waals surface area contributed by atoms with E-state index in [0.29, 0.717) is 5.76 Å². The maximum atomic E-state index is 8.32. The van der Waals surface area contributed by atoms with Gasteiger partial charge >= 0.3 is 0 Å². The number of hydrogen-bond donors (Lipinski definition) is 1. The Hall–Kier alpha value is -1.28. The van der Waals surface area contributed by atoms with Crippen LogP contribution < -0.4 is 0 Å². The number of rotatable bonds is 2. The highest BCUT2D eigenvalue weighted by molar-refractivity contribution is 5.54. The summed E-state index contributed by atoms with van der Waals surface area (Å²) in [7, 11) is 0. The van der Waals surface area contributed by atoms with Crippen molar-refractivity contribution in [2.45, 2.75) is 13.8 Å². The Bertz CT molecular complexity index is 290. The highest BCUT2D eigenvalue weighted by Crippen LogP contribution is 2.11. The smallest absolute Gasteiger partial charge is 0.139 e. The topological polar surface area (TPSA) is 29.5 Å². The average Bonchev–Trinajstić information content (AvgIpc) is 2.09. The monoisotopic (exact) mass is 164 g/mol. The highest BCUT2D eigenvalue weighted by Gasteiger charge is 1.93. The normalized spacial score (nSPS) is 11.4. The molecule has 64 valence electrons. The number of benzene rings is 1. The van der Waals surface area contributed by atoms with Crippen LogP contribution in [-0.2, 0) is 4.89 Å². The van der Waals surface area contributed by atoms with Crippen molar-refractivity contribution in [3.63, 3.8) is 0 Å². The van der Waals surface area contributed by atoms with Crippen LogP contribution in [0.5, 0.6) is 0 Å². The molecule has 0 aliphatic rings. The van der Waals surface area contributed by atoms with Gasteiger partial charge in [-0.25, -0.2) is 5.26 Å². The zero-order chi connectivity index (χ0) is 8.97. The Morgan fingerprint density at radius 3 is 2.67 bits per heavy atom. The summed E-state index contributed by atoms with van der Waals surface area (Å²) in [4.78, 5) is 4.07.